The van der Waals surface area contributed by atoms with E-state index in [-0.39, 0.29) is 23.8 Å². The first-order valence-corrected chi connectivity index (χ1v) is 25.6. The zero-order valence-corrected chi connectivity index (χ0v) is 39.1. The molecule has 1 saturated carbocycles. The van der Waals surface area contributed by atoms with Crippen LogP contribution in [0.2, 0.25) is 0 Å². The molecule has 6 heteroatoms. The van der Waals surface area contributed by atoms with Gasteiger partial charge < -0.3 is 14.2 Å². The molecule has 0 saturated heterocycles. The van der Waals surface area contributed by atoms with Crippen molar-refractivity contribution in [1.29, 1.82) is 0 Å². The molecule has 57 heavy (non-hydrogen) atoms. The van der Waals surface area contributed by atoms with Crippen molar-refractivity contribution >= 4 is 11.9 Å². The third kappa shape index (κ3) is 29.7. The van der Waals surface area contributed by atoms with Gasteiger partial charge in [0.2, 0.25) is 0 Å². The minimum Gasteiger partial charge on any atom is -0.465 e. The lowest BCUT2D eigenvalue weighted by Crippen LogP contribution is -2.47. The zero-order valence-electron chi connectivity index (χ0n) is 39.1. The predicted molar refractivity (Wildman–Crippen MR) is 244 cm³/mol. The highest BCUT2D eigenvalue weighted by atomic mass is 16.5. The summed E-state index contributed by atoms with van der Waals surface area (Å²) in [6.45, 7) is 12.4. The smallest absolute Gasteiger partial charge is 0.308 e. The minimum absolute atomic E-state index is 0.0674. The summed E-state index contributed by atoms with van der Waals surface area (Å²) in [6.07, 6.45) is 43.3. The predicted octanol–water partition coefficient (Wildman–Crippen LogP) is 15.1. The summed E-state index contributed by atoms with van der Waals surface area (Å²) in [4.78, 5) is 28.9. The number of esters is 2. The van der Waals surface area contributed by atoms with Crippen molar-refractivity contribution < 1.29 is 23.8 Å². The van der Waals surface area contributed by atoms with Crippen LogP contribution in [0, 0.1) is 11.8 Å². The van der Waals surface area contributed by atoms with E-state index >= 15 is 0 Å². The molecule has 0 amide bonds. The third-order valence-corrected chi connectivity index (χ3v) is 12.9. The second-order valence-corrected chi connectivity index (χ2v) is 18.0. The first-order chi connectivity index (χ1) is 28.0. The Morgan fingerprint density at radius 2 is 0.789 bits per heavy atom. The lowest BCUT2D eigenvalue weighted by atomic mass is 9.90. The molecule has 1 aliphatic carbocycles. The van der Waals surface area contributed by atoms with Crippen LogP contribution in [0.15, 0.2) is 0 Å². The van der Waals surface area contributed by atoms with Gasteiger partial charge in [-0.2, -0.15) is 0 Å². The molecule has 0 aromatic carbocycles. The van der Waals surface area contributed by atoms with E-state index in [1.807, 2.05) is 7.11 Å². The van der Waals surface area contributed by atoms with Gasteiger partial charge in [-0.25, -0.2) is 0 Å². The number of carbonyl (C=O) groups excluding carboxylic acids is 2. The number of unbranched alkanes of at least 4 members (excludes halogenated alkanes) is 22. The molecular weight excluding hydrogens is 707 g/mol. The number of hydrogen-bond donors (Lipinski definition) is 0. The maximum atomic E-state index is 13.1. The van der Waals surface area contributed by atoms with E-state index in [1.165, 1.54) is 154 Å². The summed E-state index contributed by atoms with van der Waals surface area (Å²) >= 11 is 0. The fourth-order valence-corrected chi connectivity index (χ4v) is 9.07. The van der Waals surface area contributed by atoms with E-state index in [0.717, 1.165) is 90.1 Å². The molecule has 0 aliphatic heterocycles. The van der Waals surface area contributed by atoms with Gasteiger partial charge in [0.15, 0.2) is 0 Å². The van der Waals surface area contributed by atoms with Crippen molar-refractivity contribution in [3.05, 3.63) is 0 Å². The zero-order chi connectivity index (χ0) is 41.4. The van der Waals surface area contributed by atoms with Crippen molar-refractivity contribution in [2.24, 2.45) is 11.8 Å². The highest BCUT2D eigenvalue weighted by Gasteiger charge is 2.29. The van der Waals surface area contributed by atoms with Crippen molar-refractivity contribution in [2.75, 3.05) is 33.4 Å². The van der Waals surface area contributed by atoms with Gasteiger partial charge in [-0.1, -0.05) is 195 Å². The highest BCUT2D eigenvalue weighted by Crippen LogP contribution is 2.27. The van der Waals surface area contributed by atoms with Gasteiger partial charge in [-0.05, 0) is 77.3 Å². The van der Waals surface area contributed by atoms with Crippen molar-refractivity contribution in [2.45, 2.75) is 271 Å². The van der Waals surface area contributed by atoms with E-state index in [2.05, 4.69) is 32.6 Å². The van der Waals surface area contributed by atoms with Crippen LogP contribution >= 0.6 is 0 Å². The third-order valence-electron chi connectivity index (χ3n) is 12.9. The standard InChI is InChI=1S/C51H99NO5/c1-6-10-14-18-20-28-38-46(36-26-16-12-8-3)50(53)56-44-34-24-22-32-42-52(48-40-30-31-41-49(48)55-5)43-33-23-25-35-45-57-51(54)47(37-27-17-13-9-4)39-29-21-19-15-11-7-2/h46-49H,6-45H2,1-5H3. The quantitative estimate of drug-likeness (QED) is 0.0452. The SMILES string of the molecule is CCCCCCCCC(CCCCCC)C(=O)OCCCCCCN(CCCCCCOC(=O)C(CCCCCC)CCCCCCCC)C1CCCCC1OC. The van der Waals surface area contributed by atoms with E-state index in [1.54, 1.807) is 0 Å². The largest absolute Gasteiger partial charge is 0.465 e. The van der Waals surface area contributed by atoms with Gasteiger partial charge in [0, 0.05) is 13.2 Å². The number of nitrogens with zero attached hydrogens (tertiary/aromatic N) is 1. The normalized spacial score (nSPS) is 16.9. The molecule has 1 rings (SSSR count). The van der Waals surface area contributed by atoms with Crippen molar-refractivity contribution in [3.63, 3.8) is 0 Å². The van der Waals surface area contributed by atoms with Gasteiger partial charge >= 0.3 is 11.9 Å². The van der Waals surface area contributed by atoms with Gasteiger partial charge in [0.05, 0.1) is 31.2 Å². The lowest BCUT2D eigenvalue weighted by molar-refractivity contribution is -0.150. The summed E-state index contributed by atoms with van der Waals surface area (Å²) in [6, 6.07) is 0.521. The average molecular weight is 806 g/mol. The van der Waals surface area contributed by atoms with Crippen molar-refractivity contribution in [1.82, 2.24) is 4.90 Å². The second-order valence-electron chi connectivity index (χ2n) is 18.0. The van der Waals surface area contributed by atoms with Crippen LogP contribution in [0.25, 0.3) is 0 Å². The Morgan fingerprint density at radius 1 is 0.456 bits per heavy atom. The molecule has 6 nitrogen and oxygen atoms in total. The molecule has 0 aromatic rings. The van der Waals surface area contributed by atoms with E-state index in [0.29, 0.717) is 25.4 Å². The van der Waals surface area contributed by atoms with E-state index in [4.69, 9.17) is 14.2 Å². The fraction of sp³-hybridized carbons (Fsp3) is 0.961. The first-order valence-electron chi connectivity index (χ1n) is 25.6. The van der Waals surface area contributed by atoms with Crippen LogP contribution in [-0.4, -0.2) is 62.4 Å². The summed E-state index contributed by atoms with van der Waals surface area (Å²) in [5, 5.41) is 0. The molecule has 4 atom stereocenters. The molecular formula is C51H99NO5. The Balaban J connectivity index is 2.44. The van der Waals surface area contributed by atoms with Gasteiger partial charge in [0.25, 0.3) is 0 Å². The molecule has 4 unspecified atom stereocenters. The van der Waals surface area contributed by atoms with E-state index in [9.17, 15) is 9.59 Å². The van der Waals surface area contributed by atoms with Gasteiger partial charge in [0.1, 0.15) is 0 Å². The monoisotopic (exact) mass is 806 g/mol. The second kappa shape index (κ2) is 40.3. The van der Waals surface area contributed by atoms with Crippen LogP contribution in [0.5, 0.6) is 0 Å². The number of carbonyl (C=O) groups is 2. The van der Waals surface area contributed by atoms with Crippen LogP contribution < -0.4 is 0 Å². The molecule has 1 aliphatic rings. The maximum Gasteiger partial charge on any atom is 0.308 e. The van der Waals surface area contributed by atoms with Gasteiger partial charge in [-0.15, -0.1) is 0 Å². The van der Waals surface area contributed by atoms with Crippen molar-refractivity contribution in [3.8, 4) is 0 Å². The highest BCUT2D eigenvalue weighted by molar-refractivity contribution is 5.72. The molecule has 0 bridgehead atoms. The molecule has 0 heterocycles. The van der Waals surface area contributed by atoms with Crippen LogP contribution in [0.4, 0.5) is 0 Å². The Bertz CT molecular complexity index is 824. The summed E-state index contributed by atoms with van der Waals surface area (Å²) in [5.41, 5.74) is 0. The topological polar surface area (TPSA) is 65.1 Å². The maximum absolute atomic E-state index is 13.1. The Hall–Kier alpha value is -1.14. The average Bonchev–Trinajstić information content (AvgIpc) is 3.23. The molecule has 0 N–H and O–H groups in total. The molecule has 0 spiro atoms. The summed E-state index contributed by atoms with van der Waals surface area (Å²) in [5.74, 6) is 0.326. The van der Waals surface area contributed by atoms with Crippen LogP contribution in [0.3, 0.4) is 0 Å². The Morgan fingerprint density at radius 3 is 1.19 bits per heavy atom. The Labute approximate surface area is 355 Å². The van der Waals surface area contributed by atoms with Crippen LogP contribution in [0.1, 0.15) is 259 Å². The molecule has 338 valence electrons. The molecule has 0 aromatic heterocycles. The minimum atomic E-state index is 0.0674. The van der Waals surface area contributed by atoms with Crippen LogP contribution in [-0.2, 0) is 23.8 Å². The molecule has 0 radical (unpaired) electrons. The lowest BCUT2D eigenvalue weighted by Gasteiger charge is -2.39. The number of methoxy groups -OCH3 is 1. The number of ether oxygens (including phenoxy) is 3. The van der Waals surface area contributed by atoms with E-state index < -0.39 is 0 Å². The Kier molecular flexibility index (Phi) is 38.1. The number of rotatable bonds is 42. The summed E-state index contributed by atoms with van der Waals surface area (Å²) in [7, 11) is 1.90. The fourth-order valence-electron chi connectivity index (χ4n) is 9.07. The van der Waals surface area contributed by atoms with Gasteiger partial charge in [-0.3, -0.25) is 14.5 Å². The molecule has 1 fully saturated rings. The summed E-state index contributed by atoms with van der Waals surface area (Å²) < 4.78 is 17.8. The number of hydrogen-bond acceptors (Lipinski definition) is 6. The first kappa shape index (κ1) is 53.9.